The number of β-amino-alcohol motifs (C(OH)–C–C–N with tert-alkyl or cyclic N) is 1. The molecule has 92 valence electrons. The average Bonchev–Trinajstić information content (AvgIpc) is 2.30. The average molecular weight is 239 g/mol. The molecule has 1 aromatic rings. The summed E-state index contributed by atoms with van der Waals surface area (Å²) in [4.78, 5) is 12.0. The Kier molecular flexibility index (Phi) is 3.28. The van der Waals surface area contributed by atoms with Crippen LogP contribution >= 0.6 is 0 Å². The van der Waals surface area contributed by atoms with E-state index < -0.39 is 12.2 Å². The van der Waals surface area contributed by atoms with Gasteiger partial charge in [0, 0.05) is 12.5 Å². The summed E-state index contributed by atoms with van der Waals surface area (Å²) in [6.45, 7) is 0.506. The van der Waals surface area contributed by atoms with Gasteiger partial charge >= 0.3 is 6.09 Å². The number of rotatable bonds is 1. The lowest BCUT2D eigenvalue weighted by Gasteiger charge is -2.34. The van der Waals surface area contributed by atoms with E-state index in [1.54, 1.807) is 12.1 Å². The van der Waals surface area contributed by atoms with E-state index in [4.69, 9.17) is 5.11 Å². The van der Waals surface area contributed by atoms with Crippen molar-refractivity contribution in [3.8, 4) is 0 Å². The number of carboxylic acid groups (broad SMARTS) is 1. The molecule has 0 spiro atoms. The van der Waals surface area contributed by atoms with E-state index in [1.807, 2.05) is 0 Å². The number of hydrogen-bond acceptors (Lipinski definition) is 2. The molecule has 2 unspecified atom stereocenters. The Morgan fingerprint density at radius 1 is 1.35 bits per heavy atom. The fraction of sp³-hybridized carbons (Fsp3) is 0.417. The third-order valence-electron chi connectivity index (χ3n) is 3.15. The highest BCUT2D eigenvalue weighted by Gasteiger charge is 2.30. The van der Waals surface area contributed by atoms with Crippen molar-refractivity contribution < 1.29 is 19.4 Å². The maximum absolute atomic E-state index is 12.8. The summed E-state index contributed by atoms with van der Waals surface area (Å²) >= 11 is 0. The highest BCUT2D eigenvalue weighted by atomic mass is 19.1. The summed E-state index contributed by atoms with van der Waals surface area (Å²) in [7, 11) is 0. The quantitative estimate of drug-likeness (QED) is 0.783. The minimum absolute atomic E-state index is 0.109. The zero-order valence-electron chi connectivity index (χ0n) is 9.21. The smallest absolute Gasteiger partial charge is 0.407 e. The molecular weight excluding hydrogens is 225 g/mol. The van der Waals surface area contributed by atoms with Crippen LogP contribution in [0.2, 0.25) is 0 Å². The SMILES string of the molecule is O=C(O)N1CCC(c2ccc(F)cc2)C(O)C1. The maximum atomic E-state index is 12.8. The predicted octanol–water partition coefficient (Wildman–Crippen LogP) is 1.65. The summed E-state index contributed by atoms with van der Waals surface area (Å²) in [6.07, 6.45) is -1.19. The number of nitrogens with zero attached hydrogens (tertiary/aromatic N) is 1. The van der Waals surface area contributed by atoms with Crippen LogP contribution in [-0.4, -0.2) is 40.4 Å². The number of aliphatic hydroxyl groups excluding tert-OH is 1. The molecule has 2 N–H and O–H groups in total. The first-order valence-electron chi connectivity index (χ1n) is 5.49. The minimum Gasteiger partial charge on any atom is -0.465 e. The first-order chi connectivity index (χ1) is 8.08. The fourth-order valence-corrected chi connectivity index (χ4v) is 2.20. The van der Waals surface area contributed by atoms with E-state index >= 15 is 0 Å². The number of carbonyl (C=O) groups is 1. The van der Waals surface area contributed by atoms with E-state index in [9.17, 15) is 14.3 Å². The lowest BCUT2D eigenvalue weighted by atomic mass is 9.87. The summed E-state index contributed by atoms with van der Waals surface area (Å²) < 4.78 is 12.8. The van der Waals surface area contributed by atoms with E-state index in [0.717, 1.165) is 5.56 Å². The van der Waals surface area contributed by atoms with Crippen LogP contribution in [0.1, 0.15) is 17.9 Å². The maximum Gasteiger partial charge on any atom is 0.407 e. The number of amides is 1. The van der Waals surface area contributed by atoms with E-state index in [2.05, 4.69) is 0 Å². The number of likely N-dealkylation sites (tertiary alicyclic amines) is 1. The Labute approximate surface area is 98.3 Å². The second-order valence-corrected chi connectivity index (χ2v) is 4.24. The van der Waals surface area contributed by atoms with Crippen LogP contribution in [0.25, 0.3) is 0 Å². The van der Waals surface area contributed by atoms with Crippen LogP contribution in [0.5, 0.6) is 0 Å². The van der Waals surface area contributed by atoms with Gasteiger partial charge in [0.25, 0.3) is 0 Å². The minimum atomic E-state index is -1.01. The van der Waals surface area contributed by atoms with Crippen molar-refractivity contribution in [1.82, 2.24) is 4.90 Å². The first kappa shape index (κ1) is 11.9. The number of piperidine rings is 1. The van der Waals surface area contributed by atoms with Crippen molar-refractivity contribution in [3.05, 3.63) is 35.6 Å². The number of benzene rings is 1. The Morgan fingerprint density at radius 3 is 2.53 bits per heavy atom. The van der Waals surface area contributed by atoms with Crippen LogP contribution < -0.4 is 0 Å². The lowest BCUT2D eigenvalue weighted by molar-refractivity contribution is 0.0504. The van der Waals surface area contributed by atoms with Crippen LogP contribution in [-0.2, 0) is 0 Å². The van der Waals surface area contributed by atoms with Gasteiger partial charge in [0.2, 0.25) is 0 Å². The third-order valence-corrected chi connectivity index (χ3v) is 3.15. The molecular formula is C12H14FNO3. The zero-order valence-corrected chi connectivity index (χ0v) is 9.21. The summed E-state index contributed by atoms with van der Waals surface area (Å²) in [5, 5.41) is 18.7. The number of aliphatic hydroxyl groups is 1. The molecule has 1 saturated heterocycles. The largest absolute Gasteiger partial charge is 0.465 e. The second-order valence-electron chi connectivity index (χ2n) is 4.24. The van der Waals surface area contributed by atoms with Crippen molar-refractivity contribution in [1.29, 1.82) is 0 Å². The van der Waals surface area contributed by atoms with Crippen LogP contribution in [0.15, 0.2) is 24.3 Å². The Balaban J connectivity index is 2.09. The van der Waals surface area contributed by atoms with Crippen molar-refractivity contribution >= 4 is 6.09 Å². The summed E-state index contributed by atoms with van der Waals surface area (Å²) in [5.74, 6) is -0.433. The number of halogens is 1. The Hall–Kier alpha value is -1.62. The molecule has 4 nitrogen and oxygen atoms in total. The molecule has 2 atom stereocenters. The van der Waals surface area contributed by atoms with Gasteiger partial charge in [-0.3, -0.25) is 0 Å². The van der Waals surface area contributed by atoms with E-state index in [0.29, 0.717) is 13.0 Å². The monoisotopic (exact) mass is 239 g/mol. The standard InChI is InChI=1S/C12H14FNO3/c13-9-3-1-8(2-4-9)10-5-6-14(12(16)17)7-11(10)15/h1-4,10-11,15H,5-7H2,(H,16,17). The van der Waals surface area contributed by atoms with Crippen molar-refractivity contribution in [2.75, 3.05) is 13.1 Å². The van der Waals surface area contributed by atoms with Gasteiger partial charge in [-0.25, -0.2) is 9.18 Å². The molecule has 1 fully saturated rings. The van der Waals surface area contributed by atoms with E-state index in [-0.39, 0.29) is 18.3 Å². The lowest BCUT2D eigenvalue weighted by Crippen LogP contribution is -2.45. The molecule has 0 radical (unpaired) electrons. The van der Waals surface area contributed by atoms with Crippen molar-refractivity contribution in [2.45, 2.75) is 18.4 Å². The molecule has 1 aromatic carbocycles. The van der Waals surface area contributed by atoms with Gasteiger partial charge in [-0.2, -0.15) is 0 Å². The second kappa shape index (κ2) is 4.71. The molecule has 0 aromatic heterocycles. The van der Waals surface area contributed by atoms with Crippen molar-refractivity contribution in [2.24, 2.45) is 0 Å². The fourth-order valence-electron chi connectivity index (χ4n) is 2.20. The number of hydrogen-bond donors (Lipinski definition) is 2. The van der Waals surface area contributed by atoms with Crippen LogP contribution in [0.3, 0.4) is 0 Å². The molecule has 0 bridgehead atoms. The van der Waals surface area contributed by atoms with Gasteiger partial charge in [-0.15, -0.1) is 0 Å². The third kappa shape index (κ3) is 2.55. The molecule has 1 aliphatic rings. The normalized spacial score (nSPS) is 24.7. The summed E-state index contributed by atoms with van der Waals surface area (Å²) in [6, 6.07) is 5.98. The summed E-state index contributed by atoms with van der Waals surface area (Å²) in [5.41, 5.74) is 0.851. The van der Waals surface area contributed by atoms with Crippen molar-refractivity contribution in [3.63, 3.8) is 0 Å². The highest BCUT2D eigenvalue weighted by Crippen LogP contribution is 2.28. The zero-order chi connectivity index (χ0) is 12.4. The molecule has 17 heavy (non-hydrogen) atoms. The predicted molar refractivity (Wildman–Crippen MR) is 59.4 cm³/mol. The van der Waals surface area contributed by atoms with Gasteiger partial charge < -0.3 is 15.1 Å². The van der Waals surface area contributed by atoms with Gasteiger partial charge in [-0.05, 0) is 24.1 Å². The van der Waals surface area contributed by atoms with Gasteiger partial charge in [0.05, 0.1) is 12.6 Å². The first-order valence-corrected chi connectivity index (χ1v) is 5.49. The molecule has 0 saturated carbocycles. The van der Waals surface area contributed by atoms with Crippen LogP contribution in [0.4, 0.5) is 9.18 Å². The Bertz CT molecular complexity index is 407. The molecule has 5 heteroatoms. The molecule has 1 aliphatic heterocycles. The van der Waals surface area contributed by atoms with Gasteiger partial charge in [0.15, 0.2) is 0 Å². The van der Waals surface area contributed by atoms with E-state index in [1.165, 1.54) is 17.0 Å². The van der Waals surface area contributed by atoms with Gasteiger partial charge in [-0.1, -0.05) is 12.1 Å². The molecule has 1 heterocycles. The van der Waals surface area contributed by atoms with Crippen LogP contribution in [0, 0.1) is 5.82 Å². The molecule has 1 amide bonds. The topological polar surface area (TPSA) is 60.8 Å². The highest BCUT2D eigenvalue weighted by molar-refractivity contribution is 5.65. The molecule has 2 rings (SSSR count). The Morgan fingerprint density at radius 2 is 2.00 bits per heavy atom. The molecule has 0 aliphatic carbocycles. The van der Waals surface area contributed by atoms with Gasteiger partial charge in [0.1, 0.15) is 5.82 Å².